The highest BCUT2D eigenvalue weighted by Gasteiger charge is 2.29. The summed E-state index contributed by atoms with van der Waals surface area (Å²) >= 11 is 0. The summed E-state index contributed by atoms with van der Waals surface area (Å²) in [4.78, 5) is 0. The van der Waals surface area contributed by atoms with E-state index >= 15 is 0 Å². The smallest absolute Gasteiger partial charge is 0.157 e. The quantitative estimate of drug-likeness (QED) is 0.551. The van der Waals surface area contributed by atoms with Crippen LogP contribution in [0.25, 0.3) is 0 Å². The van der Waals surface area contributed by atoms with Gasteiger partial charge in [-0.05, 0) is 19.8 Å². The Hall–Kier alpha value is -0.0800. The molecule has 2 nitrogen and oxygen atoms in total. The monoisotopic (exact) mass is 116 g/mol. The fourth-order valence-corrected chi connectivity index (χ4v) is 0.688. The fourth-order valence-electron chi connectivity index (χ4n) is 0.688. The molecule has 1 atom stereocenters. The topological polar surface area (TPSA) is 29.5 Å². The molecule has 1 rings (SSSR count). The maximum absolute atomic E-state index is 8.97. The summed E-state index contributed by atoms with van der Waals surface area (Å²) in [5, 5.41) is 8.97. The van der Waals surface area contributed by atoms with E-state index < -0.39 is 6.29 Å². The van der Waals surface area contributed by atoms with Crippen LogP contribution < -0.4 is 0 Å². The lowest BCUT2D eigenvalue weighted by atomic mass is 10.4. The molecule has 1 unspecified atom stereocenters. The van der Waals surface area contributed by atoms with Gasteiger partial charge in [0.15, 0.2) is 6.29 Å². The zero-order chi connectivity index (χ0) is 5.98. The Labute approximate surface area is 49.5 Å². The maximum atomic E-state index is 8.97. The normalized spacial score (nSPS) is 23.2. The first kappa shape index (κ1) is 6.05. The summed E-state index contributed by atoms with van der Waals surface area (Å²) in [5.74, 6) is 0.454. The van der Waals surface area contributed by atoms with Crippen LogP contribution in [0, 0.1) is 5.92 Å². The van der Waals surface area contributed by atoms with E-state index in [1.807, 2.05) is 6.92 Å². The third kappa shape index (κ3) is 1.46. The van der Waals surface area contributed by atoms with E-state index in [1.54, 1.807) is 0 Å². The molecule has 0 aromatic rings. The molecule has 2 heteroatoms. The molecular weight excluding hydrogens is 104 g/mol. The third-order valence-electron chi connectivity index (χ3n) is 1.36. The van der Waals surface area contributed by atoms with E-state index in [1.165, 1.54) is 0 Å². The van der Waals surface area contributed by atoms with Crippen molar-refractivity contribution in [3.8, 4) is 0 Å². The Morgan fingerprint density at radius 2 is 2.38 bits per heavy atom. The minimum absolute atomic E-state index is 0.454. The van der Waals surface area contributed by atoms with Crippen molar-refractivity contribution in [2.24, 2.45) is 5.92 Å². The van der Waals surface area contributed by atoms with Gasteiger partial charge < -0.3 is 9.84 Å². The second kappa shape index (κ2) is 2.46. The molecule has 1 aliphatic rings. The summed E-state index contributed by atoms with van der Waals surface area (Å²) in [5.41, 5.74) is 0. The fraction of sp³-hybridized carbons (Fsp3) is 1.00. The molecule has 1 aliphatic carbocycles. The Morgan fingerprint density at radius 1 is 1.75 bits per heavy atom. The summed E-state index contributed by atoms with van der Waals surface area (Å²) in [6, 6.07) is 0. The summed E-state index contributed by atoms with van der Waals surface area (Å²) < 4.78 is 4.92. The molecule has 1 saturated carbocycles. The van der Waals surface area contributed by atoms with Gasteiger partial charge in [-0.3, -0.25) is 0 Å². The van der Waals surface area contributed by atoms with Crippen LogP contribution in [0.15, 0.2) is 0 Å². The predicted molar refractivity (Wildman–Crippen MR) is 30.4 cm³/mol. The van der Waals surface area contributed by atoms with Gasteiger partial charge in [0.1, 0.15) is 0 Å². The van der Waals surface area contributed by atoms with Crippen molar-refractivity contribution < 1.29 is 9.84 Å². The van der Waals surface area contributed by atoms with Crippen LogP contribution in [0.2, 0.25) is 0 Å². The van der Waals surface area contributed by atoms with Crippen molar-refractivity contribution in [3.05, 3.63) is 0 Å². The first-order chi connectivity index (χ1) is 3.84. The van der Waals surface area contributed by atoms with Crippen LogP contribution in [-0.2, 0) is 4.74 Å². The zero-order valence-corrected chi connectivity index (χ0v) is 5.13. The van der Waals surface area contributed by atoms with Gasteiger partial charge in [-0.15, -0.1) is 0 Å². The van der Waals surface area contributed by atoms with Crippen LogP contribution in [0.1, 0.15) is 19.8 Å². The molecule has 1 N–H and O–H groups in total. The van der Waals surface area contributed by atoms with Gasteiger partial charge in [-0.1, -0.05) is 0 Å². The lowest BCUT2D eigenvalue weighted by molar-refractivity contribution is -0.108. The van der Waals surface area contributed by atoms with Crippen LogP contribution in [0.5, 0.6) is 0 Å². The van der Waals surface area contributed by atoms with Crippen molar-refractivity contribution in [1.82, 2.24) is 0 Å². The Morgan fingerprint density at radius 3 is 2.75 bits per heavy atom. The molecule has 0 aliphatic heterocycles. The highest BCUT2D eigenvalue weighted by Crippen LogP contribution is 2.32. The molecule has 0 heterocycles. The molecule has 0 spiro atoms. The Balaban J connectivity index is 2.03. The van der Waals surface area contributed by atoms with Crippen molar-refractivity contribution >= 4 is 0 Å². The number of hydrogen-bond donors (Lipinski definition) is 1. The maximum Gasteiger partial charge on any atom is 0.157 e. The number of ether oxygens (including phenoxy) is 1. The molecule has 0 amide bonds. The summed E-state index contributed by atoms with van der Waals surface area (Å²) in [6.07, 6.45) is 1.81. The molecule has 48 valence electrons. The van der Waals surface area contributed by atoms with E-state index in [0.29, 0.717) is 12.5 Å². The summed E-state index contributed by atoms with van der Waals surface area (Å²) in [6.45, 7) is 2.52. The van der Waals surface area contributed by atoms with Crippen LogP contribution in [0.3, 0.4) is 0 Å². The number of aliphatic hydroxyl groups excluding tert-OH is 1. The molecule has 0 aromatic heterocycles. The van der Waals surface area contributed by atoms with Gasteiger partial charge in [0, 0.05) is 12.5 Å². The second-order valence-electron chi connectivity index (χ2n) is 2.18. The van der Waals surface area contributed by atoms with Crippen molar-refractivity contribution in [2.75, 3.05) is 6.61 Å². The molecule has 0 bridgehead atoms. The lowest BCUT2D eigenvalue weighted by Crippen LogP contribution is -2.13. The third-order valence-corrected chi connectivity index (χ3v) is 1.36. The van der Waals surface area contributed by atoms with Crippen molar-refractivity contribution in [2.45, 2.75) is 26.1 Å². The van der Waals surface area contributed by atoms with Gasteiger partial charge in [0.2, 0.25) is 0 Å². The van der Waals surface area contributed by atoms with E-state index in [0.717, 1.165) is 12.8 Å². The van der Waals surface area contributed by atoms with E-state index in [2.05, 4.69) is 0 Å². The molecule has 0 saturated heterocycles. The van der Waals surface area contributed by atoms with E-state index in [4.69, 9.17) is 9.84 Å². The molecule has 0 aromatic carbocycles. The number of rotatable bonds is 3. The van der Waals surface area contributed by atoms with Gasteiger partial charge in [-0.2, -0.15) is 0 Å². The SMILES string of the molecule is CCOC(O)C1CC1. The van der Waals surface area contributed by atoms with Crippen LogP contribution in [-0.4, -0.2) is 18.0 Å². The predicted octanol–water partition coefficient (Wildman–Crippen LogP) is 0.751. The van der Waals surface area contributed by atoms with Crippen LogP contribution >= 0.6 is 0 Å². The van der Waals surface area contributed by atoms with Crippen molar-refractivity contribution in [1.29, 1.82) is 0 Å². The number of aliphatic hydroxyl groups is 1. The molecule has 8 heavy (non-hydrogen) atoms. The van der Waals surface area contributed by atoms with E-state index in [-0.39, 0.29) is 0 Å². The molecular formula is C6H12O2. The first-order valence-electron chi connectivity index (χ1n) is 3.14. The van der Waals surface area contributed by atoms with E-state index in [9.17, 15) is 0 Å². The lowest BCUT2D eigenvalue weighted by Gasteiger charge is -2.06. The van der Waals surface area contributed by atoms with Gasteiger partial charge >= 0.3 is 0 Å². The van der Waals surface area contributed by atoms with Gasteiger partial charge in [0.25, 0.3) is 0 Å². The average Bonchev–Trinajstić information content (AvgIpc) is 2.45. The minimum atomic E-state index is -0.472. The Kier molecular flexibility index (Phi) is 1.86. The second-order valence-corrected chi connectivity index (χ2v) is 2.18. The van der Waals surface area contributed by atoms with Crippen molar-refractivity contribution in [3.63, 3.8) is 0 Å². The highest BCUT2D eigenvalue weighted by atomic mass is 16.6. The van der Waals surface area contributed by atoms with Gasteiger partial charge in [0.05, 0.1) is 0 Å². The molecule has 0 radical (unpaired) electrons. The molecule has 1 fully saturated rings. The largest absolute Gasteiger partial charge is 0.368 e. The van der Waals surface area contributed by atoms with Gasteiger partial charge in [-0.25, -0.2) is 0 Å². The summed E-state index contributed by atoms with van der Waals surface area (Å²) in [7, 11) is 0. The average molecular weight is 116 g/mol. The first-order valence-corrected chi connectivity index (χ1v) is 3.14. The highest BCUT2D eigenvalue weighted by molar-refractivity contribution is 4.75. The Bertz CT molecular complexity index is 68.9. The zero-order valence-electron chi connectivity index (χ0n) is 5.13. The van der Waals surface area contributed by atoms with Crippen LogP contribution in [0.4, 0.5) is 0 Å². The number of hydrogen-bond acceptors (Lipinski definition) is 2. The minimum Gasteiger partial charge on any atom is -0.368 e. The standard InChI is InChI=1S/C6H12O2/c1-2-8-6(7)5-3-4-5/h5-7H,2-4H2,1H3.